The second-order valence-corrected chi connectivity index (χ2v) is 2.97. The normalized spacial score (nSPS) is 12.5. The molecule has 0 aromatic heterocycles. The van der Waals surface area contributed by atoms with Crippen molar-refractivity contribution in [3.05, 3.63) is 42.0 Å². The first-order chi connectivity index (χ1) is 6.20. The number of nitrogens with two attached hydrogens (primary N) is 1. The van der Waals surface area contributed by atoms with Gasteiger partial charge in [0, 0.05) is 5.56 Å². The van der Waals surface area contributed by atoms with Crippen LogP contribution in [0.25, 0.3) is 0 Å². The summed E-state index contributed by atoms with van der Waals surface area (Å²) in [7, 11) is 0. The summed E-state index contributed by atoms with van der Waals surface area (Å²) in [4.78, 5) is 0. The lowest BCUT2D eigenvalue weighted by atomic mass is 10.0. The van der Waals surface area contributed by atoms with Crippen LogP contribution in [0.3, 0.4) is 0 Å². The van der Waals surface area contributed by atoms with Gasteiger partial charge < -0.3 is 10.8 Å². The van der Waals surface area contributed by atoms with Gasteiger partial charge in [-0.15, -0.1) is 6.58 Å². The first kappa shape index (κ1) is 9.81. The molecule has 0 unspecified atom stereocenters. The summed E-state index contributed by atoms with van der Waals surface area (Å²) in [6.07, 6.45) is 2.43. The molecule has 1 rings (SSSR count). The summed E-state index contributed by atoms with van der Waals surface area (Å²) in [5.41, 5.74) is 7.41. The van der Waals surface area contributed by atoms with Crippen LogP contribution in [0.1, 0.15) is 24.1 Å². The zero-order valence-corrected chi connectivity index (χ0v) is 7.83. The Morgan fingerprint density at radius 1 is 1.62 bits per heavy atom. The largest absolute Gasteiger partial charge is 0.507 e. The Labute approximate surface area is 78.7 Å². The summed E-state index contributed by atoms with van der Waals surface area (Å²) < 4.78 is 0. The maximum atomic E-state index is 9.76. The smallest absolute Gasteiger partial charge is 0.123 e. The van der Waals surface area contributed by atoms with E-state index < -0.39 is 0 Å². The second-order valence-electron chi connectivity index (χ2n) is 2.97. The summed E-state index contributed by atoms with van der Waals surface area (Å²) >= 11 is 0. The lowest BCUT2D eigenvalue weighted by Gasteiger charge is -2.11. The highest BCUT2D eigenvalue weighted by Crippen LogP contribution is 2.27. The van der Waals surface area contributed by atoms with Crippen molar-refractivity contribution in [3.63, 3.8) is 0 Å². The molecule has 2 heteroatoms. The zero-order chi connectivity index (χ0) is 9.84. The Bertz CT molecular complexity index is 307. The molecule has 0 saturated carbocycles. The van der Waals surface area contributed by atoms with Crippen LogP contribution in [-0.2, 0) is 6.42 Å². The third-order valence-corrected chi connectivity index (χ3v) is 2.14. The van der Waals surface area contributed by atoms with E-state index in [9.17, 15) is 5.11 Å². The molecule has 70 valence electrons. The van der Waals surface area contributed by atoms with Gasteiger partial charge in [0.1, 0.15) is 5.75 Å². The zero-order valence-electron chi connectivity index (χ0n) is 7.83. The van der Waals surface area contributed by atoms with Crippen LogP contribution in [-0.4, -0.2) is 5.11 Å². The average Bonchev–Trinajstić information content (AvgIpc) is 2.17. The van der Waals surface area contributed by atoms with E-state index in [0.29, 0.717) is 5.75 Å². The van der Waals surface area contributed by atoms with E-state index in [2.05, 4.69) is 6.58 Å². The molecule has 3 N–H and O–H groups in total. The molecule has 0 aliphatic rings. The van der Waals surface area contributed by atoms with Crippen LogP contribution in [0, 0.1) is 0 Å². The third-order valence-electron chi connectivity index (χ3n) is 2.14. The number of rotatable bonds is 3. The van der Waals surface area contributed by atoms with Crippen molar-refractivity contribution in [2.45, 2.75) is 19.4 Å². The standard InChI is InChI=1S/C11H15NO/c1-3-8-6-5-7-9(11(8)13)10(12)4-2/h4-7,10,13H,2-3,12H2,1H3/t10-/m1/s1. The molecule has 0 fully saturated rings. The van der Waals surface area contributed by atoms with Crippen molar-refractivity contribution in [2.24, 2.45) is 5.73 Å². The Morgan fingerprint density at radius 2 is 2.31 bits per heavy atom. The van der Waals surface area contributed by atoms with Crippen molar-refractivity contribution in [1.82, 2.24) is 0 Å². The molecular formula is C11H15NO. The highest BCUT2D eigenvalue weighted by Gasteiger charge is 2.09. The summed E-state index contributed by atoms with van der Waals surface area (Å²) in [5.74, 6) is 0.303. The molecule has 1 aromatic rings. The highest BCUT2D eigenvalue weighted by molar-refractivity contribution is 5.43. The van der Waals surface area contributed by atoms with Crippen LogP contribution in [0.2, 0.25) is 0 Å². The quantitative estimate of drug-likeness (QED) is 0.695. The van der Waals surface area contributed by atoms with Crippen molar-refractivity contribution in [1.29, 1.82) is 0 Å². The Hall–Kier alpha value is -1.28. The molecular weight excluding hydrogens is 162 g/mol. The van der Waals surface area contributed by atoms with E-state index in [4.69, 9.17) is 5.73 Å². The first-order valence-corrected chi connectivity index (χ1v) is 4.39. The third kappa shape index (κ3) is 1.90. The fourth-order valence-corrected chi connectivity index (χ4v) is 1.29. The minimum Gasteiger partial charge on any atom is -0.507 e. The maximum absolute atomic E-state index is 9.76. The van der Waals surface area contributed by atoms with Gasteiger partial charge in [0.2, 0.25) is 0 Å². The summed E-state index contributed by atoms with van der Waals surface area (Å²) in [5, 5.41) is 9.76. The number of aryl methyl sites for hydroxylation is 1. The van der Waals surface area contributed by atoms with Crippen molar-refractivity contribution in [3.8, 4) is 5.75 Å². The van der Waals surface area contributed by atoms with Gasteiger partial charge in [-0.05, 0) is 12.0 Å². The molecule has 0 heterocycles. The second kappa shape index (κ2) is 4.10. The molecule has 0 saturated heterocycles. The van der Waals surface area contributed by atoms with Crippen LogP contribution < -0.4 is 5.73 Å². The Balaban J connectivity index is 3.14. The topological polar surface area (TPSA) is 46.2 Å². The molecule has 0 radical (unpaired) electrons. The van der Waals surface area contributed by atoms with Gasteiger partial charge in [0.05, 0.1) is 6.04 Å². The predicted octanol–water partition coefficient (Wildman–Crippen LogP) is 2.14. The number of phenolic OH excluding ortho intramolecular Hbond substituents is 1. The van der Waals surface area contributed by atoms with Crippen LogP contribution in [0.15, 0.2) is 30.9 Å². The summed E-state index contributed by atoms with van der Waals surface area (Å²) in [6.45, 7) is 5.60. The van der Waals surface area contributed by atoms with Gasteiger partial charge in [0.25, 0.3) is 0 Å². The lowest BCUT2D eigenvalue weighted by Crippen LogP contribution is -2.07. The number of phenols is 1. The number of hydrogen-bond acceptors (Lipinski definition) is 2. The van der Waals surface area contributed by atoms with E-state index in [-0.39, 0.29) is 6.04 Å². The maximum Gasteiger partial charge on any atom is 0.123 e. The Morgan fingerprint density at radius 3 is 2.85 bits per heavy atom. The van der Waals surface area contributed by atoms with Gasteiger partial charge in [-0.1, -0.05) is 31.2 Å². The molecule has 0 amide bonds. The van der Waals surface area contributed by atoms with E-state index in [1.807, 2.05) is 25.1 Å². The van der Waals surface area contributed by atoms with E-state index in [1.165, 1.54) is 0 Å². The molecule has 0 aliphatic carbocycles. The SMILES string of the molecule is C=C[C@@H](N)c1cccc(CC)c1O. The lowest BCUT2D eigenvalue weighted by molar-refractivity contribution is 0.459. The van der Waals surface area contributed by atoms with E-state index in [0.717, 1.165) is 17.5 Å². The van der Waals surface area contributed by atoms with Crippen molar-refractivity contribution >= 4 is 0 Å². The van der Waals surface area contributed by atoms with Gasteiger partial charge in [-0.25, -0.2) is 0 Å². The van der Waals surface area contributed by atoms with Crippen molar-refractivity contribution < 1.29 is 5.11 Å². The average molecular weight is 177 g/mol. The molecule has 0 aliphatic heterocycles. The highest BCUT2D eigenvalue weighted by atomic mass is 16.3. The van der Waals surface area contributed by atoms with Crippen LogP contribution in [0.5, 0.6) is 5.75 Å². The summed E-state index contributed by atoms with van der Waals surface area (Å²) in [6, 6.07) is 5.33. The number of hydrogen-bond donors (Lipinski definition) is 2. The molecule has 1 atom stereocenters. The molecule has 0 spiro atoms. The van der Waals surface area contributed by atoms with E-state index in [1.54, 1.807) is 6.08 Å². The van der Waals surface area contributed by atoms with E-state index >= 15 is 0 Å². The number of aromatic hydroxyl groups is 1. The predicted molar refractivity (Wildman–Crippen MR) is 54.6 cm³/mol. The van der Waals surface area contributed by atoms with Gasteiger partial charge in [-0.3, -0.25) is 0 Å². The molecule has 2 nitrogen and oxygen atoms in total. The van der Waals surface area contributed by atoms with Crippen LogP contribution in [0.4, 0.5) is 0 Å². The molecule has 0 bridgehead atoms. The fourth-order valence-electron chi connectivity index (χ4n) is 1.29. The van der Waals surface area contributed by atoms with Gasteiger partial charge in [-0.2, -0.15) is 0 Å². The van der Waals surface area contributed by atoms with Gasteiger partial charge in [0.15, 0.2) is 0 Å². The molecule has 13 heavy (non-hydrogen) atoms. The minimum atomic E-state index is -0.286. The van der Waals surface area contributed by atoms with Gasteiger partial charge >= 0.3 is 0 Å². The fraction of sp³-hybridized carbons (Fsp3) is 0.273. The van der Waals surface area contributed by atoms with Crippen LogP contribution >= 0.6 is 0 Å². The Kier molecular flexibility index (Phi) is 3.09. The minimum absolute atomic E-state index is 0.286. The number of para-hydroxylation sites is 1. The number of benzene rings is 1. The molecule has 1 aromatic carbocycles. The first-order valence-electron chi connectivity index (χ1n) is 4.39. The van der Waals surface area contributed by atoms with Crippen molar-refractivity contribution in [2.75, 3.05) is 0 Å². The monoisotopic (exact) mass is 177 g/mol.